The summed E-state index contributed by atoms with van der Waals surface area (Å²) in [5.41, 5.74) is 0. The minimum Gasteiger partial charge on any atom is -0.375 e. The van der Waals surface area contributed by atoms with Crippen LogP contribution in [0.5, 0.6) is 0 Å². The lowest BCUT2D eigenvalue weighted by atomic mass is 10.0. The van der Waals surface area contributed by atoms with Gasteiger partial charge in [-0.3, -0.25) is 4.79 Å². The maximum Gasteiger partial charge on any atom is 0.132 e. The summed E-state index contributed by atoms with van der Waals surface area (Å²) in [6.07, 6.45) is 13.8. The quantitative estimate of drug-likeness (QED) is 0.589. The summed E-state index contributed by atoms with van der Waals surface area (Å²) in [7, 11) is 0. The molecule has 1 rings (SSSR count). The van der Waals surface area contributed by atoms with Gasteiger partial charge >= 0.3 is 0 Å². The highest BCUT2D eigenvalue weighted by molar-refractivity contribution is 5.75. The van der Waals surface area contributed by atoms with Crippen molar-refractivity contribution in [2.45, 2.75) is 96.7 Å². The maximum absolute atomic E-state index is 11.2. The van der Waals surface area contributed by atoms with Crippen molar-refractivity contribution in [1.29, 1.82) is 0 Å². The fraction of sp³-hybridized carbons (Fsp3) is 0.938. The number of Topliss-reactive ketones (excluding diaryl/α,β-unsaturated/α-hetero) is 1. The lowest BCUT2D eigenvalue weighted by Crippen LogP contribution is -2.22. The van der Waals surface area contributed by atoms with E-state index in [1.807, 2.05) is 0 Å². The Morgan fingerprint density at radius 2 is 1.72 bits per heavy atom. The molecule has 0 amide bonds. The number of rotatable bonds is 8. The minimum atomic E-state index is 0.200. The zero-order valence-electron chi connectivity index (χ0n) is 12.2. The molecule has 0 aromatic heterocycles. The number of ketones is 1. The SMILES string of the molecule is CCCCCCC[C@@H]1CCCC[C@@H](CC(C)=O)O1. The second kappa shape index (κ2) is 9.55. The van der Waals surface area contributed by atoms with Crippen LogP contribution in [0.4, 0.5) is 0 Å². The summed E-state index contributed by atoms with van der Waals surface area (Å²) >= 11 is 0. The molecule has 0 bridgehead atoms. The average Bonchev–Trinajstić information content (AvgIpc) is 2.53. The summed E-state index contributed by atoms with van der Waals surface area (Å²) in [5.74, 6) is 0.267. The van der Waals surface area contributed by atoms with Gasteiger partial charge < -0.3 is 4.74 Å². The Hall–Kier alpha value is -0.370. The Kier molecular flexibility index (Phi) is 8.32. The zero-order valence-corrected chi connectivity index (χ0v) is 12.2. The number of unbranched alkanes of at least 4 members (excludes halogenated alkanes) is 4. The van der Waals surface area contributed by atoms with E-state index in [1.54, 1.807) is 6.92 Å². The molecule has 1 saturated heterocycles. The molecule has 18 heavy (non-hydrogen) atoms. The van der Waals surface area contributed by atoms with Crippen LogP contribution in [-0.4, -0.2) is 18.0 Å². The Bertz CT molecular complexity index is 225. The van der Waals surface area contributed by atoms with Gasteiger partial charge in [-0.2, -0.15) is 0 Å². The molecule has 0 N–H and O–H groups in total. The molecule has 1 fully saturated rings. The van der Waals surface area contributed by atoms with Gasteiger partial charge in [0.1, 0.15) is 5.78 Å². The van der Waals surface area contributed by atoms with Crippen molar-refractivity contribution in [2.75, 3.05) is 0 Å². The molecular weight excluding hydrogens is 224 g/mol. The van der Waals surface area contributed by atoms with Gasteiger partial charge in [-0.25, -0.2) is 0 Å². The second-order valence-corrected chi connectivity index (χ2v) is 5.77. The Balaban J connectivity index is 2.19. The number of ether oxygens (including phenoxy) is 1. The molecule has 0 aliphatic carbocycles. The molecule has 0 aromatic rings. The molecule has 0 unspecified atom stereocenters. The summed E-state index contributed by atoms with van der Waals surface area (Å²) in [5, 5.41) is 0. The largest absolute Gasteiger partial charge is 0.375 e. The van der Waals surface area contributed by atoms with Crippen molar-refractivity contribution in [3.05, 3.63) is 0 Å². The van der Waals surface area contributed by atoms with E-state index in [0.717, 1.165) is 6.42 Å². The molecule has 1 aliphatic rings. The van der Waals surface area contributed by atoms with E-state index in [9.17, 15) is 4.79 Å². The molecule has 1 aliphatic heterocycles. The van der Waals surface area contributed by atoms with E-state index in [2.05, 4.69) is 6.92 Å². The van der Waals surface area contributed by atoms with Gasteiger partial charge in [0.15, 0.2) is 0 Å². The zero-order chi connectivity index (χ0) is 13.2. The molecule has 2 nitrogen and oxygen atoms in total. The summed E-state index contributed by atoms with van der Waals surface area (Å²) < 4.78 is 6.11. The Morgan fingerprint density at radius 1 is 1.06 bits per heavy atom. The maximum atomic E-state index is 11.2. The van der Waals surface area contributed by atoms with Gasteiger partial charge in [-0.05, 0) is 26.2 Å². The molecular formula is C16H30O2. The van der Waals surface area contributed by atoms with E-state index in [4.69, 9.17) is 4.74 Å². The fourth-order valence-electron chi connectivity index (χ4n) is 2.81. The predicted octanol–water partition coefficient (Wildman–Crippen LogP) is 4.65. The third-order valence-electron chi connectivity index (χ3n) is 3.83. The second-order valence-electron chi connectivity index (χ2n) is 5.77. The molecule has 0 aromatic carbocycles. The van der Waals surface area contributed by atoms with Crippen LogP contribution in [0, 0.1) is 0 Å². The molecule has 0 saturated carbocycles. The van der Waals surface area contributed by atoms with Crippen LogP contribution in [0.1, 0.15) is 84.5 Å². The van der Waals surface area contributed by atoms with E-state index in [0.29, 0.717) is 12.5 Å². The predicted molar refractivity (Wildman–Crippen MR) is 75.8 cm³/mol. The summed E-state index contributed by atoms with van der Waals surface area (Å²) in [6, 6.07) is 0. The van der Waals surface area contributed by atoms with Gasteiger partial charge in [0.05, 0.1) is 12.2 Å². The molecule has 106 valence electrons. The summed E-state index contributed by atoms with van der Waals surface area (Å²) in [6.45, 7) is 3.93. The van der Waals surface area contributed by atoms with Crippen LogP contribution in [0.25, 0.3) is 0 Å². The van der Waals surface area contributed by atoms with Crippen LogP contribution in [-0.2, 0) is 9.53 Å². The smallest absolute Gasteiger partial charge is 0.132 e. The number of hydrogen-bond acceptors (Lipinski definition) is 2. The number of hydrogen-bond donors (Lipinski definition) is 0. The van der Waals surface area contributed by atoms with Crippen LogP contribution in [0.3, 0.4) is 0 Å². The first-order valence-corrected chi connectivity index (χ1v) is 7.87. The van der Waals surface area contributed by atoms with Crippen molar-refractivity contribution in [3.63, 3.8) is 0 Å². The lowest BCUT2D eigenvalue weighted by Gasteiger charge is -2.21. The van der Waals surface area contributed by atoms with Gasteiger partial charge in [0, 0.05) is 6.42 Å². The molecule has 1 heterocycles. The highest BCUT2D eigenvalue weighted by Gasteiger charge is 2.21. The monoisotopic (exact) mass is 254 g/mol. The molecule has 0 radical (unpaired) electrons. The van der Waals surface area contributed by atoms with Gasteiger partial charge in [0.2, 0.25) is 0 Å². The topological polar surface area (TPSA) is 26.3 Å². The molecule has 2 atom stereocenters. The lowest BCUT2D eigenvalue weighted by molar-refractivity contribution is -0.121. The third-order valence-corrected chi connectivity index (χ3v) is 3.83. The van der Waals surface area contributed by atoms with E-state index < -0.39 is 0 Å². The number of carbonyl (C=O) groups is 1. The number of carbonyl (C=O) groups excluding carboxylic acids is 1. The highest BCUT2D eigenvalue weighted by Crippen LogP contribution is 2.24. The Morgan fingerprint density at radius 3 is 2.39 bits per heavy atom. The Labute approximate surface area is 112 Å². The first-order valence-electron chi connectivity index (χ1n) is 7.87. The first-order chi connectivity index (χ1) is 8.72. The van der Waals surface area contributed by atoms with Gasteiger partial charge in [-0.15, -0.1) is 0 Å². The van der Waals surface area contributed by atoms with Crippen molar-refractivity contribution in [1.82, 2.24) is 0 Å². The van der Waals surface area contributed by atoms with E-state index >= 15 is 0 Å². The average molecular weight is 254 g/mol. The molecule has 2 heteroatoms. The van der Waals surface area contributed by atoms with Crippen molar-refractivity contribution in [2.24, 2.45) is 0 Å². The van der Waals surface area contributed by atoms with Gasteiger partial charge in [-0.1, -0.05) is 51.9 Å². The van der Waals surface area contributed by atoms with E-state index in [1.165, 1.54) is 57.8 Å². The van der Waals surface area contributed by atoms with Crippen molar-refractivity contribution >= 4 is 5.78 Å². The van der Waals surface area contributed by atoms with Crippen LogP contribution in [0.2, 0.25) is 0 Å². The normalized spacial score (nSPS) is 24.8. The summed E-state index contributed by atoms with van der Waals surface area (Å²) in [4.78, 5) is 11.2. The molecule has 0 spiro atoms. The third kappa shape index (κ3) is 7.15. The minimum absolute atomic E-state index is 0.200. The van der Waals surface area contributed by atoms with E-state index in [-0.39, 0.29) is 11.9 Å². The standard InChI is InChI=1S/C16H30O2/c1-3-4-5-6-7-10-15-11-8-9-12-16(18-15)13-14(2)17/h15-16H,3-13H2,1-2H3/t15-,16+/m1/s1. The first kappa shape index (κ1) is 15.7. The van der Waals surface area contributed by atoms with Crippen LogP contribution in [0.15, 0.2) is 0 Å². The highest BCUT2D eigenvalue weighted by atomic mass is 16.5. The van der Waals surface area contributed by atoms with Crippen molar-refractivity contribution < 1.29 is 9.53 Å². The van der Waals surface area contributed by atoms with Gasteiger partial charge in [0.25, 0.3) is 0 Å². The van der Waals surface area contributed by atoms with Crippen LogP contribution < -0.4 is 0 Å². The van der Waals surface area contributed by atoms with Crippen molar-refractivity contribution in [3.8, 4) is 0 Å². The fourth-order valence-corrected chi connectivity index (χ4v) is 2.81. The van der Waals surface area contributed by atoms with Crippen LogP contribution >= 0.6 is 0 Å².